The lowest BCUT2D eigenvalue weighted by Gasteiger charge is -2.37. The zero-order valence-electron chi connectivity index (χ0n) is 11.1. The molecule has 1 fully saturated rings. The summed E-state index contributed by atoms with van der Waals surface area (Å²) in [6.07, 6.45) is 13.9. The molecule has 2 N–H and O–H groups in total. The summed E-state index contributed by atoms with van der Waals surface area (Å²) in [6, 6.07) is 0.497. The zero-order valence-corrected chi connectivity index (χ0v) is 11.1. The Balaban J connectivity index is 1.74. The van der Waals surface area contributed by atoms with E-state index < -0.39 is 5.60 Å². The second kappa shape index (κ2) is 6.01. The molecule has 0 amide bonds. The van der Waals surface area contributed by atoms with E-state index in [0.29, 0.717) is 6.04 Å². The van der Waals surface area contributed by atoms with Gasteiger partial charge in [-0.2, -0.15) is 0 Å². The molecule has 0 spiro atoms. The van der Waals surface area contributed by atoms with Crippen LogP contribution < -0.4 is 5.32 Å². The van der Waals surface area contributed by atoms with Crippen molar-refractivity contribution in [3.8, 4) is 0 Å². The lowest BCUT2D eigenvalue weighted by Crippen LogP contribution is -2.46. The molecule has 2 heteroatoms. The maximum Gasteiger partial charge on any atom is 0.0772 e. The van der Waals surface area contributed by atoms with E-state index in [1.807, 2.05) is 0 Å². The summed E-state index contributed by atoms with van der Waals surface area (Å²) < 4.78 is 0. The molecule has 2 nitrogen and oxygen atoms in total. The van der Waals surface area contributed by atoms with Gasteiger partial charge in [0.2, 0.25) is 0 Å². The molecule has 1 atom stereocenters. The summed E-state index contributed by atoms with van der Waals surface area (Å²) in [6.45, 7) is 3.04. The predicted octanol–water partition coefficient (Wildman–Crippen LogP) is 3.02. The van der Waals surface area contributed by atoms with Crippen LogP contribution in [0.1, 0.15) is 58.3 Å². The van der Waals surface area contributed by atoms with E-state index in [2.05, 4.69) is 24.4 Å². The fraction of sp³-hybridized carbons (Fsp3) is 0.867. The third kappa shape index (κ3) is 3.82. The maximum atomic E-state index is 10.5. The van der Waals surface area contributed by atoms with Gasteiger partial charge in [0.05, 0.1) is 5.60 Å². The largest absolute Gasteiger partial charge is 0.389 e. The number of hydrogen-bond donors (Lipinski definition) is 2. The van der Waals surface area contributed by atoms with Crippen molar-refractivity contribution in [3.05, 3.63) is 12.2 Å². The average molecular weight is 237 g/mol. The average Bonchev–Trinajstić information content (AvgIpc) is 2.39. The predicted molar refractivity (Wildman–Crippen MR) is 72.0 cm³/mol. The number of allylic oxidation sites excluding steroid dienone is 1. The van der Waals surface area contributed by atoms with Crippen molar-refractivity contribution in [1.82, 2.24) is 5.32 Å². The molecular weight excluding hydrogens is 210 g/mol. The molecule has 1 saturated carbocycles. The fourth-order valence-electron chi connectivity index (χ4n) is 3.10. The Kier molecular flexibility index (Phi) is 4.63. The fourth-order valence-corrected chi connectivity index (χ4v) is 3.10. The monoisotopic (exact) mass is 237 g/mol. The summed E-state index contributed by atoms with van der Waals surface area (Å²) in [5.74, 6) is 0.852. The first-order chi connectivity index (χ1) is 8.22. The van der Waals surface area contributed by atoms with Crippen molar-refractivity contribution >= 4 is 0 Å². The van der Waals surface area contributed by atoms with Crippen molar-refractivity contribution < 1.29 is 5.11 Å². The number of hydrogen-bond acceptors (Lipinski definition) is 2. The first kappa shape index (κ1) is 13.1. The Bertz CT molecular complexity index is 254. The molecule has 2 rings (SSSR count). The van der Waals surface area contributed by atoms with Crippen LogP contribution in [0.4, 0.5) is 0 Å². The summed E-state index contributed by atoms with van der Waals surface area (Å²) in [4.78, 5) is 0. The molecule has 0 aliphatic heterocycles. The van der Waals surface area contributed by atoms with E-state index in [4.69, 9.17) is 0 Å². The first-order valence-corrected chi connectivity index (χ1v) is 7.34. The third-order valence-electron chi connectivity index (χ3n) is 4.56. The molecule has 17 heavy (non-hydrogen) atoms. The second-order valence-electron chi connectivity index (χ2n) is 5.92. The van der Waals surface area contributed by atoms with Gasteiger partial charge in [-0.1, -0.05) is 25.5 Å². The number of nitrogens with one attached hydrogen (secondary N) is 1. The topological polar surface area (TPSA) is 32.3 Å². The van der Waals surface area contributed by atoms with Gasteiger partial charge in [-0.3, -0.25) is 0 Å². The first-order valence-electron chi connectivity index (χ1n) is 7.34. The molecule has 0 aromatic rings. The van der Waals surface area contributed by atoms with Crippen LogP contribution in [0.3, 0.4) is 0 Å². The van der Waals surface area contributed by atoms with Crippen LogP contribution in [-0.4, -0.2) is 23.3 Å². The highest BCUT2D eigenvalue weighted by Crippen LogP contribution is 2.33. The highest BCUT2D eigenvalue weighted by Gasteiger charge is 2.32. The van der Waals surface area contributed by atoms with Crippen molar-refractivity contribution in [2.75, 3.05) is 6.54 Å². The molecule has 0 bridgehead atoms. The van der Waals surface area contributed by atoms with Crippen molar-refractivity contribution in [2.45, 2.75) is 69.9 Å². The number of aliphatic hydroxyl groups is 1. The minimum Gasteiger partial charge on any atom is -0.389 e. The van der Waals surface area contributed by atoms with E-state index in [-0.39, 0.29) is 0 Å². The van der Waals surface area contributed by atoms with Gasteiger partial charge in [-0.05, 0) is 50.9 Å². The third-order valence-corrected chi connectivity index (χ3v) is 4.56. The SMILES string of the molecule is CCC1CCC(O)(CNC2C=CCCC2)CC1. The highest BCUT2D eigenvalue weighted by atomic mass is 16.3. The van der Waals surface area contributed by atoms with Crippen LogP contribution in [0.5, 0.6) is 0 Å². The van der Waals surface area contributed by atoms with Gasteiger partial charge in [0.25, 0.3) is 0 Å². The molecule has 2 aliphatic rings. The van der Waals surface area contributed by atoms with Crippen LogP contribution in [0, 0.1) is 5.92 Å². The number of rotatable bonds is 4. The maximum absolute atomic E-state index is 10.5. The molecule has 0 heterocycles. The van der Waals surface area contributed by atoms with E-state index >= 15 is 0 Å². The van der Waals surface area contributed by atoms with Gasteiger partial charge in [0.1, 0.15) is 0 Å². The van der Waals surface area contributed by atoms with Gasteiger partial charge in [0, 0.05) is 12.6 Å². The van der Waals surface area contributed by atoms with Gasteiger partial charge in [0.15, 0.2) is 0 Å². The molecule has 0 radical (unpaired) electrons. The highest BCUT2D eigenvalue weighted by molar-refractivity contribution is 4.99. The molecule has 0 aromatic heterocycles. The molecule has 0 aromatic carbocycles. The van der Waals surface area contributed by atoms with Crippen molar-refractivity contribution in [2.24, 2.45) is 5.92 Å². The smallest absolute Gasteiger partial charge is 0.0772 e. The molecule has 0 saturated heterocycles. The van der Waals surface area contributed by atoms with E-state index in [0.717, 1.165) is 25.3 Å². The van der Waals surface area contributed by atoms with Crippen LogP contribution in [0.15, 0.2) is 12.2 Å². The van der Waals surface area contributed by atoms with Crippen LogP contribution in [0.2, 0.25) is 0 Å². The Morgan fingerprint density at radius 3 is 2.65 bits per heavy atom. The Labute approximate surface area is 105 Å². The molecule has 1 unspecified atom stereocenters. The van der Waals surface area contributed by atoms with Crippen LogP contribution >= 0.6 is 0 Å². The van der Waals surface area contributed by atoms with E-state index in [1.165, 1.54) is 38.5 Å². The van der Waals surface area contributed by atoms with E-state index in [1.54, 1.807) is 0 Å². The quantitative estimate of drug-likeness (QED) is 0.737. The lowest BCUT2D eigenvalue weighted by molar-refractivity contribution is -0.00993. The summed E-state index contributed by atoms with van der Waals surface area (Å²) >= 11 is 0. The van der Waals surface area contributed by atoms with Crippen LogP contribution in [-0.2, 0) is 0 Å². The van der Waals surface area contributed by atoms with Gasteiger partial charge in [-0.15, -0.1) is 0 Å². The Morgan fingerprint density at radius 1 is 1.29 bits per heavy atom. The summed E-state index contributed by atoms with van der Waals surface area (Å²) in [5, 5.41) is 14.1. The van der Waals surface area contributed by atoms with Crippen LogP contribution in [0.25, 0.3) is 0 Å². The normalized spacial score (nSPS) is 38.2. The molecular formula is C15H27NO. The van der Waals surface area contributed by atoms with Crippen molar-refractivity contribution in [3.63, 3.8) is 0 Å². The minimum absolute atomic E-state index is 0.434. The molecule has 98 valence electrons. The van der Waals surface area contributed by atoms with Gasteiger partial charge >= 0.3 is 0 Å². The van der Waals surface area contributed by atoms with Crippen molar-refractivity contribution in [1.29, 1.82) is 0 Å². The zero-order chi connectivity index (χ0) is 12.1. The standard InChI is InChI=1S/C15H27NO/c1-2-13-8-10-15(17,11-9-13)12-16-14-6-4-3-5-7-14/h4,6,13-14,16-17H,2-3,5,7-12H2,1H3. The summed E-state index contributed by atoms with van der Waals surface area (Å²) in [5.41, 5.74) is -0.434. The Hall–Kier alpha value is -0.340. The van der Waals surface area contributed by atoms with Gasteiger partial charge in [-0.25, -0.2) is 0 Å². The van der Waals surface area contributed by atoms with E-state index in [9.17, 15) is 5.11 Å². The summed E-state index contributed by atoms with van der Waals surface area (Å²) in [7, 11) is 0. The second-order valence-corrected chi connectivity index (χ2v) is 5.92. The lowest BCUT2D eigenvalue weighted by atomic mass is 9.77. The minimum atomic E-state index is -0.434. The Morgan fingerprint density at radius 2 is 2.06 bits per heavy atom. The van der Waals surface area contributed by atoms with Gasteiger partial charge < -0.3 is 10.4 Å². The molecule has 2 aliphatic carbocycles.